The zero-order chi connectivity index (χ0) is 14.2. The molecule has 0 spiro atoms. The van der Waals surface area contributed by atoms with Gasteiger partial charge in [0.2, 0.25) is 5.89 Å². The van der Waals surface area contributed by atoms with E-state index in [4.69, 9.17) is 10.3 Å². The Labute approximate surface area is 119 Å². The van der Waals surface area contributed by atoms with Gasteiger partial charge in [-0.2, -0.15) is 4.98 Å². The van der Waals surface area contributed by atoms with Gasteiger partial charge < -0.3 is 10.3 Å². The molecule has 102 valence electrons. The first-order chi connectivity index (χ1) is 8.79. The van der Waals surface area contributed by atoms with E-state index < -0.39 is 6.04 Å². The summed E-state index contributed by atoms with van der Waals surface area (Å²) in [5.41, 5.74) is 6.40. The standard InChI is InChI=1S/C13H15BrFN3O/c1-13(2,3)12-17-11(18-19-12)10(16)8-6-7(15)4-5-9(8)14/h4-6,10H,16H2,1-3H3. The van der Waals surface area contributed by atoms with Gasteiger partial charge in [-0.15, -0.1) is 0 Å². The van der Waals surface area contributed by atoms with Gasteiger partial charge in [0.25, 0.3) is 0 Å². The van der Waals surface area contributed by atoms with E-state index >= 15 is 0 Å². The number of hydrogen-bond acceptors (Lipinski definition) is 4. The van der Waals surface area contributed by atoms with Gasteiger partial charge in [0.05, 0.1) is 6.04 Å². The van der Waals surface area contributed by atoms with Gasteiger partial charge >= 0.3 is 0 Å². The fraction of sp³-hybridized carbons (Fsp3) is 0.385. The normalized spacial score (nSPS) is 13.6. The molecule has 1 atom stereocenters. The van der Waals surface area contributed by atoms with Crippen molar-refractivity contribution in [3.63, 3.8) is 0 Å². The van der Waals surface area contributed by atoms with E-state index in [1.807, 2.05) is 20.8 Å². The van der Waals surface area contributed by atoms with Gasteiger partial charge in [-0.1, -0.05) is 41.9 Å². The van der Waals surface area contributed by atoms with Crippen LogP contribution in [0.1, 0.15) is 44.1 Å². The number of hydrogen-bond donors (Lipinski definition) is 1. The number of nitrogens with two attached hydrogens (primary N) is 1. The summed E-state index contributed by atoms with van der Waals surface area (Å²) in [5.74, 6) is 0.495. The van der Waals surface area contributed by atoms with Crippen molar-refractivity contribution in [1.29, 1.82) is 0 Å². The fourth-order valence-electron chi connectivity index (χ4n) is 1.56. The molecule has 19 heavy (non-hydrogen) atoms. The van der Waals surface area contributed by atoms with Crippen molar-refractivity contribution < 1.29 is 8.91 Å². The molecule has 0 fully saturated rings. The van der Waals surface area contributed by atoms with Crippen LogP contribution in [0.25, 0.3) is 0 Å². The molecule has 1 heterocycles. The summed E-state index contributed by atoms with van der Waals surface area (Å²) in [6.07, 6.45) is 0. The Kier molecular flexibility index (Phi) is 3.73. The molecule has 1 unspecified atom stereocenters. The Bertz CT molecular complexity index is 592. The summed E-state index contributed by atoms with van der Waals surface area (Å²) in [7, 11) is 0. The van der Waals surface area contributed by atoms with E-state index in [1.165, 1.54) is 12.1 Å². The fourth-order valence-corrected chi connectivity index (χ4v) is 2.05. The van der Waals surface area contributed by atoms with Crippen molar-refractivity contribution in [2.75, 3.05) is 0 Å². The van der Waals surface area contributed by atoms with Gasteiger partial charge in [-0.3, -0.25) is 0 Å². The summed E-state index contributed by atoms with van der Waals surface area (Å²) in [5, 5.41) is 3.88. The first-order valence-corrected chi connectivity index (χ1v) is 6.63. The third kappa shape index (κ3) is 3.01. The van der Waals surface area contributed by atoms with Crippen molar-refractivity contribution in [3.05, 3.63) is 45.8 Å². The first-order valence-electron chi connectivity index (χ1n) is 5.83. The zero-order valence-corrected chi connectivity index (χ0v) is 12.5. The van der Waals surface area contributed by atoms with Crippen LogP contribution in [-0.4, -0.2) is 10.1 Å². The summed E-state index contributed by atoms with van der Waals surface area (Å²) in [6, 6.07) is 3.69. The highest BCUT2D eigenvalue weighted by molar-refractivity contribution is 9.10. The van der Waals surface area contributed by atoms with Crippen molar-refractivity contribution in [2.24, 2.45) is 5.73 Å². The molecule has 2 N–H and O–H groups in total. The molecule has 2 aromatic rings. The van der Waals surface area contributed by atoms with Crippen LogP contribution in [0.4, 0.5) is 4.39 Å². The lowest BCUT2D eigenvalue weighted by Crippen LogP contribution is -2.16. The monoisotopic (exact) mass is 327 g/mol. The smallest absolute Gasteiger partial charge is 0.232 e. The minimum atomic E-state index is -0.634. The molecule has 0 aliphatic carbocycles. The number of rotatable bonds is 2. The van der Waals surface area contributed by atoms with E-state index in [1.54, 1.807) is 6.07 Å². The Morgan fingerprint density at radius 2 is 2.05 bits per heavy atom. The lowest BCUT2D eigenvalue weighted by atomic mass is 9.97. The highest BCUT2D eigenvalue weighted by Gasteiger charge is 2.25. The van der Waals surface area contributed by atoms with E-state index in [0.717, 1.165) is 0 Å². The minimum Gasteiger partial charge on any atom is -0.339 e. The molecule has 1 aromatic carbocycles. The summed E-state index contributed by atoms with van der Waals surface area (Å²) >= 11 is 3.34. The molecule has 0 saturated carbocycles. The lowest BCUT2D eigenvalue weighted by Gasteiger charge is -2.11. The van der Waals surface area contributed by atoms with E-state index in [9.17, 15) is 4.39 Å². The van der Waals surface area contributed by atoms with Crippen LogP contribution in [0, 0.1) is 5.82 Å². The van der Waals surface area contributed by atoms with Crippen LogP contribution >= 0.6 is 15.9 Å². The van der Waals surface area contributed by atoms with E-state index in [0.29, 0.717) is 21.8 Å². The third-order valence-electron chi connectivity index (χ3n) is 2.65. The minimum absolute atomic E-state index is 0.246. The SMILES string of the molecule is CC(C)(C)c1nc(C(N)c2cc(F)ccc2Br)no1. The third-order valence-corrected chi connectivity index (χ3v) is 3.38. The van der Waals surface area contributed by atoms with Crippen molar-refractivity contribution in [3.8, 4) is 0 Å². The maximum absolute atomic E-state index is 13.3. The van der Waals surface area contributed by atoms with Crippen molar-refractivity contribution in [1.82, 2.24) is 10.1 Å². The van der Waals surface area contributed by atoms with E-state index in [-0.39, 0.29) is 11.2 Å². The molecular formula is C13H15BrFN3O. The maximum atomic E-state index is 13.3. The average molecular weight is 328 g/mol. The zero-order valence-electron chi connectivity index (χ0n) is 10.9. The quantitative estimate of drug-likeness (QED) is 0.918. The van der Waals surface area contributed by atoms with Crippen molar-refractivity contribution in [2.45, 2.75) is 32.2 Å². The maximum Gasteiger partial charge on any atom is 0.232 e. The van der Waals surface area contributed by atoms with Gasteiger partial charge in [-0.05, 0) is 23.8 Å². The summed E-state index contributed by atoms with van der Waals surface area (Å²) in [4.78, 5) is 4.28. The second kappa shape index (κ2) is 5.02. The molecule has 0 saturated heterocycles. The largest absolute Gasteiger partial charge is 0.339 e. The van der Waals surface area contributed by atoms with E-state index in [2.05, 4.69) is 26.1 Å². The Morgan fingerprint density at radius 3 is 2.63 bits per heavy atom. The van der Waals surface area contributed by atoms with Crippen LogP contribution in [0.15, 0.2) is 27.2 Å². The van der Waals surface area contributed by atoms with Crippen LogP contribution in [0.2, 0.25) is 0 Å². The highest BCUT2D eigenvalue weighted by Crippen LogP contribution is 2.28. The number of aromatic nitrogens is 2. The molecule has 0 bridgehead atoms. The molecule has 4 nitrogen and oxygen atoms in total. The van der Waals surface area contributed by atoms with Crippen LogP contribution in [0.5, 0.6) is 0 Å². The van der Waals surface area contributed by atoms with Gasteiger partial charge in [-0.25, -0.2) is 4.39 Å². The number of benzene rings is 1. The van der Waals surface area contributed by atoms with Crippen LogP contribution in [0.3, 0.4) is 0 Å². The predicted molar refractivity (Wildman–Crippen MR) is 73.1 cm³/mol. The lowest BCUT2D eigenvalue weighted by molar-refractivity contribution is 0.317. The summed E-state index contributed by atoms with van der Waals surface area (Å²) in [6.45, 7) is 5.90. The Balaban J connectivity index is 2.36. The molecular weight excluding hydrogens is 313 g/mol. The molecule has 1 aromatic heterocycles. The summed E-state index contributed by atoms with van der Waals surface area (Å²) < 4.78 is 19.2. The molecule has 2 rings (SSSR count). The Hall–Kier alpha value is -1.27. The highest BCUT2D eigenvalue weighted by atomic mass is 79.9. The second-order valence-electron chi connectivity index (χ2n) is 5.35. The molecule has 0 amide bonds. The topological polar surface area (TPSA) is 64.9 Å². The molecule has 0 aliphatic rings. The molecule has 0 radical (unpaired) electrons. The number of nitrogens with zero attached hydrogens (tertiary/aromatic N) is 2. The van der Waals surface area contributed by atoms with Crippen LogP contribution < -0.4 is 5.73 Å². The van der Waals surface area contributed by atoms with Gasteiger partial charge in [0.15, 0.2) is 5.82 Å². The Morgan fingerprint density at radius 1 is 1.37 bits per heavy atom. The first kappa shape index (κ1) is 14.1. The van der Waals surface area contributed by atoms with Gasteiger partial charge in [0, 0.05) is 9.89 Å². The predicted octanol–water partition coefficient (Wildman–Crippen LogP) is 3.32. The average Bonchev–Trinajstić information content (AvgIpc) is 2.80. The molecule has 6 heteroatoms. The second-order valence-corrected chi connectivity index (χ2v) is 6.21. The number of halogens is 2. The van der Waals surface area contributed by atoms with Crippen LogP contribution in [-0.2, 0) is 5.41 Å². The van der Waals surface area contributed by atoms with Crippen molar-refractivity contribution >= 4 is 15.9 Å². The molecule has 0 aliphatic heterocycles. The van der Waals surface area contributed by atoms with Gasteiger partial charge in [0.1, 0.15) is 5.82 Å².